The minimum absolute atomic E-state index is 0.184. The number of hydrogen-bond donors (Lipinski definition) is 2. The number of carbonyl (C=O) groups is 2. The highest BCUT2D eigenvalue weighted by atomic mass is 32.1. The Labute approximate surface area is 112 Å². The zero-order valence-corrected chi connectivity index (χ0v) is 11.1. The van der Waals surface area contributed by atoms with E-state index in [-0.39, 0.29) is 10.9 Å². The Morgan fingerprint density at radius 1 is 1.32 bits per heavy atom. The molecule has 0 aliphatic rings. The molecule has 2 amide bonds. The lowest BCUT2D eigenvalue weighted by atomic mass is 10.4. The molecule has 0 spiro atoms. The van der Waals surface area contributed by atoms with E-state index >= 15 is 0 Å². The zero-order chi connectivity index (χ0) is 13.8. The summed E-state index contributed by atoms with van der Waals surface area (Å²) >= 11 is 1.22. The van der Waals surface area contributed by atoms with Gasteiger partial charge >= 0.3 is 11.8 Å². The highest BCUT2D eigenvalue weighted by Crippen LogP contribution is 2.15. The number of aromatic nitrogens is 3. The molecule has 2 heterocycles. The van der Waals surface area contributed by atoms with E-state index in [0.29, 0.717) is 5.76 Å². The standard InChI is InChI=1S/C10H11N5O3S/c1-3-7-13-14-10(19-7)12-9(17)8(16)11-6-4-5(2)18-15-6/h4H,3H2,1-2H3,(H,11,15,16)(H,12,14,17). The van der Waals surface area contributed by atoms with Gasteiger partial charge in [0.1, 0.15) is 10.8 Å². The van der Waals surface area contributed by atoms with Gasteiger partial charge in [0.25, 0.3) is 0 Å². The van der Waals surface area contributed by atoms with Crippen LogP contribution in [0.2, 0.25) is 0 Å². The molecule has 19 heavy (non-hydrogen) atoms. The molecule has 0 radical (unpaired) electrons. The zero-order valence-electron chi connectivity index (χ0n) is 10.3. The molecule has 0 aromatic carbocycles. The van der Waals surface area contributed by atoms with Crippen molar-refractivity contribution < 1.29 is 14.1 Å². The molecule has 0 atom stereocenters. The molecule has 0 aliphatic carbocycles. The van der Waals surface area contributed by atoms with Gasteiger partial charge in [0.05, 0.1) is 0 Å². The monoisotopic (exact) mass is 281 g/mol. The van der Waals surface area contributed by atoms with Gasteiger partial charge in [0.2, 0.25) is 5.13 Å². The quantitative estimate of drug-likeness (QED) is 0.811. The number of anilines is 2. The van der Waals surface area contributed by atoms with Gasteiger partial charge in [0, 0.05) is 6.07 Å². The predicted octanol–water partition coefficient (Wildman–Crippen LogP) is 0.974. The molecule has 9 heteroatoms. The number of aryl methyl sites for hydroxylation is 2. The Morgan fingerprint density at radius 2 is 2.05 bits per heavy atom. The third-order valence-electron chi connectivity index (χ3n) is 2.07. The molecule has 2 N–H and O–H groups in total. The first-order chi connectivity index (χ1) is 9.08. The van der Waals surface area contributed by atoms with Crippen LogP contribution in [0.5, 0.6) is 0 Å². The summed E-state index contributed by atoms with van der Waals surface area (Å²) in [5.41, 5.74) is 0. The third-order valence-corrected chi connectivity index (χ3v) is 3.05. The average Bonchev–Trinajstić information content (AvgIpc) is 2.98. The van der Waals surface area contributed by atoms with E-state index in [1.54, 1.807) is 6.92 Å². The number of hydrogen-bond acceptors (Lipinski definition) is 7. The van der Waals surface area contributed by atoms with Gasteiger partial charge in [-0.1, -0.05) is 23.4 Å². The first kappa shape index (κ1) is 13.1. The first-order valence-electron chi connectivity index (χ1n) is 5.46. The molecule has 100 valence electrons. The smallest absolute Gasteiger partial charge is 0.315 e. The van der Waals surface area contributed by atoms with Crippen molar-refractivity contribution in [1.82, 2.24) is 15.4 Å². The number of nitrogens with zero attached hydrogens (tertiary/aromatic N) is 3. The maximum absolute atomic E-state index is 11.6. The Balaban J connectivity index is 1.94. The number of rotatable bonds is 3. The van der Waals surface area contributed by atoms with E-state index < -0.39 is 11.8 Å². The van der Waals surface area contributed by atoms with Crippen molar-refractivity contribution in [3.05, 3.63) is 16.8 Å². The molecule has 2 aromatic heterocycles. The molecule has 0 saturated carbocycles. The van der Waals surface area contributed by atoms with Crippen LogP contribution in [0.4, 0.5) is 10.9 Å². The molecule has 0 aliphatic heterocycles. The van der Waals surface area contributed by atoms with Crippen molar-refractivity contribution in [3.63, 3.8) is 0 Å². The van der Waals surface area contributed by atoms with Crippen molar-refractivity contribution in [2.45, 2.75) is 20.3 Å². The Morgan fingerprint density at radius 3 is 2.63 bits per heavy atom. The summed E-state index contributed by atoms with van der Waals surface area (Å²) in [6.07, 6.45) is 0.720. The van der Waals surface area contributed by atoms with Crippen LogP contribution < -0.4 is 10.6 Å². The number of amides is 2. The van der Waals surface area contributed by atoms with Gasteiger partial charge in [-0.3, -0.25) is 20.2 Å². The van der Waals surface area contributed by atoms with Gasteiger partial charge in [-0.2, -0.15) is 0 Å². The average molecular weight is 281 g/mol. The van der Waals surface area contributed by atoms with Crippen molar-refractivity contribution in [2.24, 2.45) is 0 Å². The maximum Gasteiger partial charge on any atom is 0.315 e. The molecule has 2 aromatic rings. The van der Waals surface area contributed by atoms with Gasteiger partial charge in [-0.25, -0.2) is 0 Å². The van der Waals surface area contributed by atoms with E-state index in [1.807, 2.05) is 6.92 Å². The molecule has 8 nitrogen and oxygen atoms in total. The summed E-state index contributed by atoms with van der Waals surface area (Å²) < 4.78 is 4.76. The highest BCUT2D eigenvalue weighted by Gasteiger charge is 2.17. The van der Waals surface area contributed by atoms with E-state index in [1.165, 1.54) is 17.4 Å². The van der Waals surface area contributed by atoms with Gasteiger partial charge in [0.15, 0.2) is 5.82 Å². The summed E-state index contributed by atoms with van der Waals surface area (Å²) in [7, 11) is 0. The fraction of sp³-hybridized carbons (Fsp3) is 0.300. The van der Waals surface area contributed by atoms with Gasteiger partial charge in [-0.15, -0.1) is 10.2 Å². The van der Waals surface area contributed by atoms with Crippen LogP contribution in [0.25, 0.3) is 0 Å². The molecule has 0 unspecified atom stereocenters. The lowest BCUT2D eigenvalue weighted by Crippen LogP contribution is -2.29. The normalized spacial score (nSPS) is 10.2. The van der Waals surface area contributed by atoms with E-state index in [9.17, 15) is 9.59 Å². The molecular weight excluding hydrogens is 270 g/mol. The summed E-state index contributed by atoms with van der Waals surface area (Å²) in [5.74, 6) is -0.961. The second-order valence-electron chi connectivity index (χ2n) is 3.59. The van der Waals surface area contributed by atoms with E-state index in [4.69, 9.17) is 4.52 Å². The second kappa shape index (κ2) is 5.57. The summed E-state index contributed by atoms with van der Waals surface area (Å²) in [5, 5.41) is 16.9. The second-order valence-corrected chi connectivity index (χ2v) is 4.65. The van der Waals surface area contributed by atoms with Crippen molar-refractivity contribution >= 4 is 34.1 Å². The molecule has 0 saturated heterocycles. The summed E-state index contributed by atoms with van der Waals surface area (Å²) in [6, 6.07) is 1.51. The maximum atomic E-state index is 11.6. The molecule has 2 rings (SSSR count). The van der Waals surface area contributed by atoms with Crippen molar-refractivity contribution in [3.8, 4) is 0 Å². The lowest BCUT2D eigenvalue weighted by molar-refractivity contribution is -0.133. The van der Waals surface area contributed by atoms with Crippen LogP contribution in [0.15, 0.2) is 10.6 Å². The molecular formula is C10H11N5O3S. The SMILES string of the molecule is CCc1nnc(NC(=O)C(=O)Nc2cc(C)on2)s1. The predicted molar refractivity (Wildman–Crippen MR) is 67.8 cm³/mol. The molecule has 0 bridgehead atoms. The molecule has 0 fully saturated rings. The van der Waals surface area contributed by atoms with E-state index in [0.717, 1.165) is 11.4 Å². The highest BCUT2D eigenvalue weighted by molar-refractivity contribution is 7.15. The van der Waals surface area contributed by atoms with Crippen LogP contribution >= 0.6 is 11.3 Å². The van der Waals surface area contributed by atoms with Crippen molar-refractivity contribution in [2.75, 3.05) is 10.6 Å². The topological polar surface area (TPSA) is 110 Å². The van der Waals surface area contributed by atoms with Crippen LogP contribution in [0.1, 0.15) is 17.7 Å². The lowest BCUT2D eigenvalue weighted by Gasteiger charge is -1.99. The first-order valence-corrected chi connectivity index (χ1v) is 6.28. The van der Waals surface area contributed by atoms with Crippen LogP contribution in [-0.2, 0) is 16.0 Å². The largest absolute Gasteiger partial charge is 0.360 e. The Kier molecular flexibility index (Phi) is 3.85. The van der Waals surface area contributed by atoms with Gasteiger partial charge < -0.3 is 4.52 Å². The Bertz CT molecular complexity index is 606. The minimum Gasteiger partial charge on any atom is -0.360 e. The summed E-state index contributed by atoms with van der Waals surface area (Å²) in [4.78, 5) is 23.1. The minimum atomic E-state index is -0.846. The number of nitrogens with one attached hydrogen (secondary N) is 2. The number of carbonyl (C=O) groups excluding carboxylic acids is 2. The Hall–Kier alpha value is -2.29. The van der Waals surface area contributed by atoms with Crippen molar-refractivity contribution in [1.29, 1.82) is 0 Å². The van der Waals surface area contributed by atoms with Crippen LogP contribution in [0.3, 0.4) is 0 Å². The van der Waals surface area contributed by atoms with Crippen LogP contribution in [-0.4, -0.2) is 27.2 Å². The van der Waals surface area contributed by atoms with E-state index in [2.05, 4.69) is 26.0 Å². The van der Waals surface area contributed by atoms with Crippen LogP contribution in [0, 0.1) is 6.92 Å². The van der Waals surface area contributed by atoms with Gasteiger partial charge in [-0.05, 0) is 13.3 Å². The summed E-state index contributed by atoms with van der Waals surface area (Å²) in [6.45, 7) is 3.60. The fourth-order valence-corrected chi connectivity index (χ4v) is 1.87. The third kappa shape index (κ3) is 3.35. The fourth-order valence-electron chi connectivity index (χ4n) is 1.20.